The molecule has 1 aliphatic heterocycles. The zero-order valence-electron chi connectivity index (χ0n) is 13.7. The number of nitrogens with zero attached hydrogens (tertiary/aromatic N) is 1. The van der Waals surface area contributed by atoms with Crippen molar-refractivity contribution in [2.75, 3.05) is 17.2 Å². The summed E-state index contributed by atoms with van der Waals surface area (Å²) in [5.74, 6) is 0.464. The van der Waals surface area contributed by atoms with Crippen molar-refractivity contribution in [3.8, 4) is 0 Å². The zero-order chi connectivity index (χ0) is 17.6. The smallest absolute Gasteiger partial charge is 0.230 e. The highest BCUT2D eigenvalue weighted by Crippen LogP contribution is 2.26. The van der Waals surface area contributed by atoms with Gasteiger partial charge in [0.1, 0.15) is 0 Å². The van der Waals surface area contributed by atoms with Gasteiger partial charge < -0.3 is 10.2 Å². The van der Waals surface area contributed by atoms with E-state index in [0.717, 1.165) is 29.1 Å². The standard InChI is InChI=1S/C19H19ClN2O2S/c20-16-4-1-2-5-17(16)25-13-18(23)21-12-14-7-9-15(10-8-14)22-11-3-6-19(22)24/h1-2,4-5,7-10H,3,6,11-13H2,(H,21,23). The average molecular weight is 375 g/mol. The lowest BCUT2D eigenvalue weighted by atomic mass is 10.2. The van der Waals surface area contributed by atoms with E-state index < -0.39 is 0 Å². The van der Waals surface area contributed by atoms with Gasteiger partial charge in [0.15, 0.2) is 0 Å². The Morgan fingerprint density at radius 2 is 1.92 bits per heavy atom. The van der Waals surface area contributed by atoms with Gasteiger partial charge in [-0.15, -0.1) is 11.8 Å². The van der Waals surface area contributed by atoms with E-state index in [9.17, 15) is 9.59 Å². The van der Waals surface area contributed by atoms with E-state index in [0.29, 0.717) is 23.7 Å². The van der Waals surface area contributed by atoms with Crippen molar-refractivity contribution in [3.63, 3.8) is 0 Å². The van der Waals surface area contributed by atoms with Crippen LogP contribution in [0.1, 0.15) is 18.4 Å². The second-order valence-electron chi connectivity index (χ2n) is 5.81. The number of carbonyl (C=O) groups excluding carboxylic acids is 2. The summed E-state index contributed by atoms with van der Waals surface area (Å²) < 4.78 is 0. The topological polar surface area (TPSA) is 49.4 Å². The predicted octanol–water partition coefficient (Wildman–Crippen LogP) is 3.88. The Labute approximate surface area is 156 Å². The summed E-state index contributed by atoms with van der Waals surface area (Å²) in [7, 11) is 0. The monoisotopic (exact) mass is 374 g/mol. The van der Waals surface area contributed by atoms with Crippen LogP contribution < -0.4 is 10.2 Å². The molecule has 1 N–H and O–H groups in total. The highest BCUT2D eigenvalue weighted by Gasteiger charge is 2.21. The minimum atomic E-state index is -0.0382. The van der Waals surface area contributed by atoms with Crippen LogP contribution in [0.5, 0.6) is 0 Å². The van der Waals surface area contributed by atoms with Crippen molar-refractivity contribution >= 4 is 40.9 Å². The normalized spacial score (nSPS) is 14.0. The first kappa shape index (κ1) is 17.8. The number of benzene rings is 2. The molecule has 4 nitrogen and oxygen atoms in total. The Hall–Kier alpha value is -1.98. The molecule has 0 radical (unpaired) electrons. The molecule has 0 aliphatic carbocycles. The molecule has 2 aromatic rings. The molecular weight excluding hydrogens is 356 g/mol. The second kappa shape index (κ2) is 8.41. The number of thioether (sulfide) groups is 1. The van der Waals surface area contributed by atoms with E-state index in [1.165, 1.54) is 11.8 Å². The Morgan fingerprint density at radius 1 is 1.16 bits per heavy atom. The molecule has 2 aromatic carbocycles. The first-order valence-corrected chi connectivity index (χ1v) is 9.53. The van der Waals surface area contributed by atoms with Crippen LogP contribution in [-0.2, 0) is 16.1 Å². The maximum Gasteiger partial charge on any atom is 0.230 e. The third-order valence-electron chi connectivity index (χ3n) is 4.01. The SMILES string of the molecule is O=C(CSc1ccccc1Cl)NCc1ccc(N2CCCC2=O)cc1. The number of carbonyl (C=O) groups is 2. The van der Waals surface area contributed by atoms with Crippen molar-refractivity contribution in [2.24, 2.45) is 0 Å². The molecule has 6 heteroatoms. The van der Waals surface area contributed by atoms with Gasteiger partial charge in [-0.1, -0.05) is 35.9 Å². The fourth-order valence-corrected chi connectivity index (χ4v) is 3.74. The van der Waals surface area contributed by atoms with Crippen LogP contribution in [0.4, 0.5) is 5.69 Å². The maximum absolute atomic E-state index is 12.0. The van der Waals surface area contributed by atoms with E-state index in [-0.39, 0.29) is 11.8 Å². The van der Waals surface area contributed by atoms with Crippen LogP contribution in [0.25, 0.3) is 0 Å². The van der Waals surface area contributed by atoms with Crippen LogP contribution >= 0.6 is 23.4 Å². The fraction of sp³-hybridized carbons (Fsp3) is 0.263. The van der Waals surface area contributed by atoms with Crippen molar-refractivity contribution in [1.29, 1.82) is 0 Å². The molecule has 0 saturated carbocycles. The Morgan fingerprint density at radius 3 is 2.60 bits per heavy atom. The molecule has 0 atom stereocenters. The van der Waals surface area contributed by atoms with Gasteiger partial charge in [0.25, 0.3) is 0 Å². The van der Waals surface area contributed by atoms with Gasteiger partial charge in [0.2, 0.25) is 11.8 Å². The van der Waals surface area contributed by atoms with E-state index >= 15 is 0 Å². The van der Waals surface area contributed by atoms with Crippen LogP contribution in [-0.4, -0.2) is 24.1 Å². The van der Waals surface area contributed by atoms with Crippen LogP contribution in [0.15, 0.2) is 53.4 Å². The minimum Gasteiger partial charge on any atom is -0.351 e. The van der Waals surface area contributed by atoms with E-state index in [1.54, 1.807) is 0 Å². The molecule has 130 valence electrons. The van der Waals surface area contributed by atoms with Gasteiger partial charge in [-0.2, -0.15) is 0 Å². The molecule has 0 aromatic heterocycles. The van der Waals surface area contributed by atoms with Crippen LogP contribution in [0, 0.1) is 0 Å². The molecule has 1 aliphatic rings. The summed E-state index contributed by atoms with van der Waals surface area (Å²) in [6.45, 7) is 1.25. The van der Waals surface area contributed by atoms with Crippen molar-refractivity contribution in [2.45, 2.75) is 24.3 Å². The summed E-state index contributed by atoms with van der Waals surface area (Å²) in [6, 6.07) is 15.2. The van der Waals surface area contributed by atoms with Crippen molar-refractivity contribution < 1.29 is 9.59 Å². The molecule has 25 heavy (non-hydrogen) atoms. The number of nitrogens with one attached hydrogen (secondary N) is 1. The minimum absolute atomic E-state index is 0.0382. The molecule has 0 unspecified atom stereocenters. The third kappa shape index (κ3) is 4.77. The lowest BCUT2D eigenvalue weighted by Crippen LogP contribution is -2.25. The molecule has 0 spiro atoms. The van der Waals surface area contributed by atoms with Gasteiger partial charge in [0.05, 0.1) is 10.8 Å². The molecule has 1 saturated heterocycles. The van der Waals surface area contributed by atoms with E-state index in [1.807, 2.05) is 53.4 Å². The Bertz CT molecular complexity index is 764. The lowest BCUT2D eigenvalue weighted by Gasteiger charge is -2.16. The van der Waals surface area contributed by atoms with Gasteiger partial charge in [-0.05, 0) is 36.2 Å². The number of anilines is 1. The summed E-state index contributed by atoms with van der Waals surface area (Å²) >= 11 is 7.50. The molecule has 2 amide bonds. The van der Waals surface area contributed by atoms with Crippen LogP contribution in [0.2, 0.25) is 5.02 Å². The Kier molecular flexibility index (Phi) is 6.00. The third-order valence-corrected chi connectivity index (χ3v) is 5.52. The zero-order valence-corrected chi connectivity index (χ0v) is 15.3. The highest BCUT2D eigenvalue weighted by atomic mass is 35.5. The number of hydrogen-bond donors (Lipinski definition) is 1. The molecular formula is C19H19ClN2O2S. The predicted molar refractivity (Wildman–Crippen MR) is 102 cm³/mol. The number of amides is 2. The summed E-state index contributed by atoms with van der Waals surface area (Å²) in [5.41, 5.74) is 1.93. The number of halogens is 1. The van der Waals surface area contributed by atoms with Crippen LogP contribution in [0.3, 0.4) is 0 Å². The fourth-order valence-electron chi connectivity index (χ4n) is 2.67. The summed E-state index contributed by atoms with van der Waals surface area (Å²) in [6.07, 6.45) is 1.54. The first-order valence-electron chi connectivity index (χ1n) is 8.17. The van der Waals surface area contributed by atoms with Gasteiger partial charge in [-0.3, -0.25) is 9.59 Å². The van der Waals surface area contributed by atoms with Gasteiger partial charge in [0, 0.05) is 30.1 Å². The quantitative estimate of drug-likeness (QED) is 0.781. The molecule has 0 bridgehead atoms. The first-order chi connectivity index (χ1) is 12.1. The van der Waals surface area contributed by atoms with Gasteiger partial charge in [-0.25, -0.2) is 0 Å². The average Bonchev–Trinajstić information content (AvgIpc) is 3.06. The Balaban J connectivity index is 1.47. The molecule has 1 fully saturated rings. The summed E-state index contributed by atoms with van der Waals surface area (Å²) in [4.78, 5) is 26.4. The number of rotatable bonds is 6. The number of hydrogen-bond acceptors (Lipinski definition) is 3. The molecule has 1 heterocycles. The molecule has 3 rings (SSSR count). The lowest BCUT2D eigenvalue weighted by molar-refractivity contribution is -0.119. The van der Waals surface area contributed by atoms with Crippen molar-refractivity contribution in [1.82, 2.24) is 5.32 Å². The van der Waals surface area contributed by atoms with E-state index in [2.05, 4.69) is 5.32 Å². The summed E-state index contributed by atoms with van der Waals surface area (Å²) in [5, 5.41) is 3.56. The largest absolute Gasteiger partial charge is 0.351 e. The van der Waals surface area contributed by atoms with Gasteiger partial charge >= 0.3 is 0 Å². The van der Waals surface area contributed by atoms with E-state index in [4.69, 9.17) is 11.6 Å². The maximum atomic E-state index is 12.0. The van der Waals surface area contributed by atoms with Crippen molar-refractivity contribution in [3.05, 3.63) is 59.1 Å². The highest BCUT2D eigenvalue weighted by molar-refractivity contribution is 8.00. The second-order valence-corrected chi connectivity index (χ2v) is 7.24.